The van der Waals surface area contributed by atoms with Crippen LogP contribution in [-0.2, 0) is 34.1 Å². The Morgan fingerprint density at radius 3 is 1.79 bits per heavy atom. The topological polar surface area (TPSA) is 114 Å². The lowest BCUT2D eigenvalue weighted by Crippen LogP contribution is -2.35. The Morgan fingerprint density at radius 2 is 1.31 bits per heavy atom. The summed E-state index contributed by atoms with van der Waals surface area (Å²) in [6, 6.07) is 19.2. The number of carbonyl (C=O) groups excluding carboxylic acids is 1. The predicted octanol–water partition coefficient (Wildman–Crippen LogP) is 6.74. The summed E-state index contributed by atoms with van der Waals surface area (Å²) in [4.78, 5) is 8.00. The van der Waals surface area contributed by atoms with Gasteiger partial charge in [-0.25, -0.2) is 0 Å². The Labute approximate surface area is 284 Å². The van der Waals surface area contributed by atoms with Crippen LogP contribution in [-0.4, -0.2) is 65.4 Å². The van der Waals surface area contributed by atoms with Crippen LogP contribution in [0.2, 0.25) is 0 Å². The second-order valence-corrected chi connectivity index (χ2v) is 14.1. The van der Waals surface area contributed by atoms with Crippen molar-refractivity contribution in [2.45, 2.75) is 65.8 Å². The molecule has 262 valence electrons. The van der Waals surface area contributed by atoms with Crippen LogP contribution in [0.1, 0.15) is 81.9 Å². The van der Waals surface area contributed by atoms with Crippen molar-refractivity contribution in [3.8, 4) is 11.5 Å². The highest BCUT2D eigenvalue weighted by Gasteiger charge is 2.42. The summed E-state index contributed by atoms with van der Waals surface area (Å²) in [7, 11) is 3.15. The third kappa shape index (κ3) is 8.55. The van der Waals surface area contributed by atoms with Gasteiger partial charge in [0.2, 0.25) is 0 Å². The molecule has 10 heteroatoms. The molecule has 2 saturated heterocycles. The summed E-state index contributed by atoms with van der Waals surface area (Å²) in [5.41, 5.74) is 1.97. The molecule has 3 aromatic carbocycles. The number of ether oxygens (including phenoxy) is 7. The number of benzene rings is 3. The SMILES string of the molecule is C=O.COCOc1ccc(C2OCC(C)(C)CO2)cc1C(O)(c1cccc(NC(C)C)c1)c1cc(C2OCC(C)(C)CO2)ccc1OC. The summed E-state index contributed by atoms with van der Waals surface area (Å²) in [6.07, 6.45) is -1.21. The monoisotopic (exact) mass is 665 g/mol. The molecular weight excluding hydrogens is 614 g/mol. The van der Waals surface area contributed by atoms with Crippen molar-refractivity contribution < 1.29 is 43.1 Å². The first-order valence-corrected chi connectivity index (χ1v) is 16.1. The maximum absolute atomic E-state index is 13.4. The number of hydrogen-bond donors (Lipinski definition) is 2. The summed E-state index contributed by atoms with van der Waals surface area (Å²) in [5.74, 6) is 0.922. The van der Waals surface area contributed by atoms with E-state index >= 15 is 0 Å². The van der Waals surface area contributed by atoms with Crippen molar-refractivity contribution in [2.75, 3.05) is 52.8 Å². The first kappa shape index (κ1) is 37.3. The quantitative estimate of drug-likeness (QED) is 0.169. The Kier molecular flexibility index (Phi) is 12.3. The Hall–Kier alpha value is -3.51. The van der Waals surface area contributed by atoms with Crippen LogP contribution >= 0.6 is 0 Å². The first-order valence-electron chi connectivity index (χ1n) is 16.1. The molecule has 0 amide bonds. The van der Waals surface area contributed by atoms with E-state index in [9.17, 15) is 5.11 Å². The molecular formula is C38H51NO9. The van der Waals surface area contributed by atoms with Gasteiger partial charge in [-0.3, -0.25) is 0 Å². The highest BCUT2D eigenvalue weighted by Crippen LogP contribution is 2.48. The number of rotatable bonds is 11. The predicted molar refractivity (Wildman–Crippen MR) is 183 cm³/mol. The van der Waals surface area contributed by atoms with Crippen LogP contribution in [0.15, 0.2) is 60.7 Å². The summed E-state index contributed by atoms with van der Waals surface area (Å²) in [5, 5.41) is 16.9. The van der Waals surface area contributed by atoms with Crippen LogP contribution in [0.4, 0.5) is 5.69 Å². The van der Waals surface area contributed by atoms with Gasteiger partial charge in [0.1, 0.15) is 23.9 Å². The first-order chi connectivity index (χ1) is 22.8. The third-order valence-corrected chi connectivity index (χ3v) is 8.12. The van der Waals surface area contributed by atoms with Crippen molar-refractivity contribution in [3.05, 3.63) is 88.5 Å². The van der Waals surface area contributed by atoms with E-state index in [0.717, 1.165) is 16.8 Å². The molecule has 1 unspecified atom stereocenters. The number of nitrogens with one attached hydrogen (secondary N) is 1. The zero-order chi connectivity index (χ0) is 35.1. The number of hydrogen-bond acceptors (Lipinski definition) is 10. The molecule has 2 aliphatic heterocycles. The maximum Gasteiger partial charge on any atom is 0.188 e. The van der Waals surface area contributed by atoms with Gasteiger partial charge in [0.25, 0.3) is 0 Å². The van der Waals surface area contributed by atoms with Crippen molar-refractivity contribution in [2.24, 2.45) is 10.8 Å². The van der Waals surface area contributed by atoms with Gasteiger partial charge in [-0.15, -0.1) is 0 Å². The zero-order valence-corrected chi connectivity index (χ0v) is 29.5. The molecule has 5 rings (SSSR count). The highest BCUT2D eigenvalue weighted by atomic mass is 16.7. The lowest BCUT2D eigenvalue weighted by Gasteiger charge is -2.37. The molecule has 0 saturated carbocycles. The van der Waals surface area contributed by atoms with Crippen molar-refractivity contribution in [3.63, 3.8) is 0 Å². The van der Waals surface area contributed by atoms with Crippen molar-refractivity contribution >= 4 is 12.5 Å². The summed E-state index contributed by atoms with van der Waals surface area (Å²) < 4.78 is 42.0. The molecule has 10 nitrogen and oxygen atoms in total. The van der Waals surface area contributed by atoms with Gasteiger partial charge in [0.15, 0.2) is 19.4 Å². The number of methoxy groups -OCH3 is 2. The van der Waals surface area contributed by atoms with Gasteiger partial charge in [-0.2, -0.15) is 0 Å². The molecule has 2 heterocycles. The van der Waals surface area contributed by atoms with Crippen LogP contribution in [0, 0.1) is 10.8 Å². The maximum atomic E-state index is 13.4. The zero-order valence-electron chi connectivity index (χ0n) is 29.5. The molecule has 0 bridgehead atoms. The van der Waals surface area contributed by atoms with Crippen LogP contribution in [0.5, 0.6) is 11.5 Å². The minimum absolute atomic E-state index is 0.0152. The summed E-state index contributed by atoms with van der Waals surface area (Å²) >= 11 is 0. The van der Waals surface area contributed by atoms with Gasteiger partial charge in [0.05, 0.1) is 33.5 Å². The second kappa shape index (κ2) is 15.8. The highest BCUT2D eigenvalue weighted by molar-refractivity contribution is 5.60. The fourth-order valence-corrected chi connectivity index (χ4v) is 5.77. The second-order valence-electron chi connectivity index (χ2n) is 14.1. The summed E-state index contributed by atoms with van der Waals surface area (Å²) in [6.45, 7) is 16.7. The Balaban J connectivity index is 0.00000255. The molecule has 0 spiro atoms. The minimum atomic E-state index is -1.78. The van der Waals surface area contributed by atoms with E-state index in [0.29, 0.717) is 54.6 Å². The van der Waals surface area contributed by atoms with Crippen molar-refractivity contribution in [1.82, 2.24) is 0 Å². The van der Waals surface area contributed by atoms with Crippen LogP contribution in [0.3, 0.4) is 0 Å². The average Bonchev–Trinajstić information content (AvgIpc) is 3.07. The molecule has 3 aromatic rings. The van der Waals surface area contributed by atoms with Gasteiger partial charge in [-0.1, -0.05) is 52.0 Å². The Morgan fingerprint density at radius 1 is 0.812 bits per heavy atom. The molecule has 0 radical (unpaired) electrons. The van der Waals surface area contributed by atoms with E-state index in [2.05, 4.69) is 46.9 Å². The van der Waals surface area contributed by atoms with Gasteiger partial charge in [0, 0.05) is 51.9 Å². The third-order valence-electron chi connectivity index (χ3n) is 8.12. The molecule has 48 heavy (non-hydrogen) atoms. The van der Waals surface area contributed by atoms with E-state index in [1.807, 2.05) is 67.5 Å². The van der Waals surface area contributed by atoms with E-state index in [1.54, 1.807) is 14.2 Å². The van der Waals surface area contributed by atoms with E-state index in [-0.39, 0.29) is 23.7 Å². The van der Waals surface area contributed by atoms with Gasteiger partial charge < -0.3 is 48.4 Å². The smallest absolute Gasteiger partial charge is 0.188 e. The normalized spacial score (nSPS) is 19.1. The number of anilines is 1. The van der Waals surface area contributed by atoms with Gasteiger partial charge >= 0.3 is 0 Å². The standard InChI is InChI=1S/C37H49NO8.CH2O/c1-24(2)38-28-11-9-10-27(18-28)37(39,29-16-25(12-14-31(29)41-8)33-42-19-35(3,4)20-43-33)30-17-26(13-15-32(30)46-23-40-7)34-44-21-36(5,6)22-45-34;1-2/h9-18,24,33-34,38-39H,19-23H2,1-8H3;1H2. The molecule has 0 aliphatic carbocycles. The lowest BCUT2D eigenvalue weighted by molar-refractivity contribution is -0.226. The van der Waals surface area contributed by atoms with Crippen molar-refractivity contribution in [1.29, 1.82) is 0 Å². The number of aliphatic hydroxyl groups is 1. The van der Waals surface area contributed by atoms with Crippen LogP contribution < -0.4 is 14.8 Å². The minimum Gasteiger partial charge on any atom is -0.496 e. The molecule has 2 fully saturated rings. The molecule has 0 aromatic heterocycles. The molecule has 2 aliphatic rings. The van der Waals surface area contributed by atoms with Gasteiger partial charge in [-0.05, 0) is 55.8 Å². The van der Waals surface area contributed by atoms with E-state index in [1.165, 1.54) is 0 Å². The Bertz CT molecular complexity index is 1490. The van der Waals surface area contributed by atoms with E-state index in [4.69, 9.17) is 38.0 Å². The van der Waals surface area contributed by atoms with E-state index < -0.39 is 18.2 Å². The number of carbonyl (C=O) groups is 1. The molecule has 1 atom stereocenters. The lowest BCUT2D eigenvalue weighted by atomic mass is 9.78. The average molecular weight is 666 g/mol. The fourth-order valence-electron chi connectivity index (χ4n) is 5.77. The fraction of sp³-hybridized carbons (Fsp3) is 0.500. The van der Waals surface area contributed by atoms with Crippen LogP contribution in [0.25, 0.3) is 0 Å². The molecule has 2 N–H and O–H groups in total. The largest absolute Gasteiger partial charge is 0.496 e.